The van der Waals surface area contributed by atoms with Gasteiger partial charge in [0.15, 0.2) is 10.8 Å². The van der Waals surface area contributed by atoms with E-state index in [-0.39, 0.29) is 27.8 Å². The number of hydrogen-bond acceptors (Lipinski definition) is 11. The van der Waals surface area contributed by atoms with Crippen LogP contribution >= 0.6 is 35.3 Å². The number of rotatable bonds is 14. The maximum atomic E-state index is 14.5. The normalized spacial score (nSPS) is 19.1. The van der Waals surface area contributed by atoms with E-state index in [1.54, 1.807) is 22.0 Å². The summed E-state index contributed by atoms with van der Waals surface area (Å²) in [5, 5.41) is 13.0. The second kappa shape index (κ2) is 19.3. The van der Waals surface area contributed by atoms with E-state index < -0.39 is 29.0 Å². The third-order valence-electron chi connectivity index (χ3n) is 12.0. The Kier molecular flexibility index (Phi) is 13.0. The highest BCUT2D eigenvalue weighted by Gasteiger charge is 2.56. The van der Waals surface area contributed by atoms with Crippen molar-refractivity contribution in [2.75, 3.05) is 25.6 Å². The second-order valence-corrected chi connectivity index (χ2v) is 18.5. The summed E-state index contributed by atoms with van der Waals surface area (Å²) in [5.41, 5.74) is 6.01. The lowest BCUT2D eigenvalue weighted by Gasteiger charge is -2.53. The number of aromatic nitrogens is 1. The number of benzene rings is 5. The van der Waals surface area contributed by atoms with Crippen molar-refractivity contribution in [1.29, 1.82) is 0 Å². The van der Waals surface area contributed by atoms with Gasteiger partial charge in [-0.1, -0.05) is 157 Å². The van der Waals surface area contributed by atoms with Gasteiger partial charge in [-0.25, -0.2) is 4.98 Å². The van der Waals surface area contributed by atoms with Gasteiger partial charge in [0.1, 0.15) is 35.9 Å². The lowest BCUT2D eigenvalue weighted by atomic mass is 9.77. The van der Waals surface area contributed by atoms with Crippen molar-refractivity contribution < 1.29 is 23.9 Å². The molecule has 2 amide bonds. The van der Waals surface area contributed by atoms with Crippen LogP contribution in [0.5, 0.6) is 0 Å². The largest absolute Gasteiger partial charge is 0.469 e. The predicted octanol–water partition coefficient (Wildman–Crippen LogP) is 9.50. The predicted molar refractivity (Wildman–Crippen MR) is 257 cm³/mol. The summed E-state index contributed by atoms with van der Waals surface area (Å²) >= 11 is 9.19. The lowest BCUT2D eigenvalue weighted by Crippen LogP contribution is -2.71. The smallest absolute Gasteiger partial charge is 0.276 e. The number of thiazole rings is 1. The number of thioether (sulfide) groups is 1. The lowest BCUT2D eigenvalue weighted by molar-refractivity contribution is -0.144. The molecule has 0 saturated carbocycles. The fraction of sp³-hybridized carbons (Fsp3) is 0.235. The van der Waals surface area contributed by atoms with Crippen LogP contribution in [0, 0.1) is 5.92 Å². The molecule has 10 nitrogen and oxygen atoms in total. The number of ether oxygens (including phenoxy) is 2. The van der Waals surface area contributed by atoms with E-state index in [9.17, 15) is 9.59 Å². The van der Waals surface area contributed by atoms with Crippen LogP contribution in [0.1, 0.15) is 59.4 Å². The van der Waals surface area contributed by atoms with Crippen LogP contribution < -0.4 is 10.6 Å². The van der Waals surface area contributed by atoms with E-state index in [0.717, 1.165) is 46.2 Å². The van der Waals surface area contributed by atoms with E-state index in [4.69, 9.17) is 31.5 Å². The maximum Gasteiger partial charge on any atom is 0.276 e. The summed E-state index contributed by atoms with van der Waals surface area (Å²) < 4.78 is 12.6. The Labute approximate surface area is 386 Å². The van der Waals surface area contributed by atoms with Crippen LogP contribution in [0.4, 0.5) is 5.13 Å². The molecule has 2 N–H and O–H groups in total. The fourth-order valence-corrected chi connectivity index (χ4v) is 11.6. The number of carbonyl (C=O) groups excluding carboxylic acids is 2. The zero-order valence-corrected chi connectivity index (χ0v) is 37.8. The molecule has 3 atom stereocenters. The van der Waals surface area contributed by atoms with Crippen LogP contribution in [-0.2, 0) is 29.4 Å². The molecule has 64 heavy (non-hydrogen) atoms. The number of nitrogens with zero attached hydrogens (tertiary/aromatic N) is 3. The van der Waals surface area contributed by atoms with Crippen LogP contribution in [0.3, 0.4) is 0 Å². The standard InChI is InChI=1S/C51H47N5O5S3/c1-33-41(34-28-30-60-31-29-34)44(49(62)61-45(35-18-8-3-9-19-35)36-20-10-4-11-21-36)56-47(58)43(48(56)64-33)53-46(57)42(55-59-2)40-32-63-50(52-40)54-51(37-22-12-5-13-23-37,38-24-14-6-15-25-38)39-26-16-7-17-27-39/h3-27,32-34,43,45,48H,28-31H2,1-2H3,(H,52,54)(H,53,57)/b55-42-/t33?,43?,48-/m1/s1. The molecule has 2 saturated heterocycles. The van der Waals surface area contributed by atoms with Crippen molar-refractivity contribution in [3.8, 4) is 0 Å². The molecule has 6 aromatic rings. The molecular weight excluding hydrogens is 859 g/mol. The third-order valence-corrected chi connectivity index (χ3v) is 14.4. The molecule has 0 spiro atoms. The molecule has 2 unspecified atom stereocenters. The fourth-order valence-electron chi connectivity index (χ4n) is 8.97. The van der Waals surface area contributed by atoms with E-state index >= 15 is 0 Å². The Morgan fingerprint density at radius 2 is 1.34 bits per heavy atom. The van der Waals surface area contributed by atoms with Crippen LogP contribution in [0.2, 0.25) is 0 Å². The summed E-state index contributed by atoms with van der Waals surface area (Å²) in [4.78, 5) is 40.8. The Morgan fingerprint density at radius 3 is 1.86 bits per heavy atom. The summed E-state index contributed by atoms with van der Waals surface area (Å²) in [6, 6.07) is 49.7. The van der Waals surface area contributed by atoms with Crippen LogP contribution in [-0.4, -0.2) is 69.4 Å². The highest BCUT2D eigenvalue weighted by atomic mass is 32.2. The molecule has 5 aromatic carbocycles. The molecule has 9 rings (SSSR count). The Morgan fingerprint density at radius 1 is 0.828 bits per heavy atom. The molecule has 4 heterocycles. The van der Waals surface area contributed by atoms with Crippen molar-refractivity contribution in [3.63, 3.8) is 0 Å². The summed E-state index contributed by atoms with van der Waals surface area (Å²) in [5.74, 6) is -0.715. The molecule has 2 fully saturated rings. The number of fused-ring (bicyclic) bond motifs is 1. The van der Waals surface area contributed by atoms with Gasteiger partial charge in [-0.15, -0.1) is 23.1 Å². The molecule has 3 aliphatic rings. The zero-order chi connectivity index (χ0) is 44.0. The number of hydrogen-bond donors (Lipinski definition) is 2. The zero-order valence-electron chi connectivity index (χ0n) is 35.3. The average Bonchev–Trinajstić information content (AvgIpc) is 3.82. The number of nitrogens with one attached hydrogen (secondary N) is 2. The minimum atomic E-state index is -0.867. The molecular formula is C51H47N5O5S3. The van der Waals surface area contributed by atoms with Crippen molar-refractivity contribution in [1.82, 2.24) is 15.2 Å². The van der Waals surface area contributed by atoms with Gasteiger partial charge >= 0.3 is 0 Å². The van der Waals surface area contributed by atoms with E-state index in [2.05, 4.69) is 59.1 Å². The molecule has 0 radical (unpaired) electrons. The van der Waals surface area contributed by atoms with Crippen LogP contribution in [0.15, 0.2) is 173 Å². The highest BCUT2D eigenvalue weighted by Crippen LogP contribution is 2.49. The summed E-state index contributed by atoms with van der Waals surface area (Å²) in [7, 11) is 1.38. The first-order valence-electron chi connectivity index (χ1n) is 21.3. The SMILES string of the molecule is CO/N=C(\C(=O)NC1C(=O)N2C(C(=S)OC(c3ccccc3)c3ccccc3)=C(C3CCOCC3)C(C)S[C@H]12)c1csc(NC(c2ccccc2)(c2ccccc2)c2ccccc2)n1. The maximum absolute atomic E-state index is 14.5. The van der Waals surface area contributed by atoms with E-state index in [1.165, 1.54) is 18.4 Å². The Hall–Kier alpha value is -6.12. The summed E-state index contributed by atoms with van der Waals surface area (Å²) in [6.07, 6.45) is 1.12. The molecule has 13 heteroatoms. The quantitative estimate of drug-likeness (QED) is 0.0363. The average molecular weight is 906 g/mol. The van der Waals surface area contributed by atoms with Gasteiger partial charge in [-0.3, -0.25) is 14.5 Å². The monoisotopic (exact) mass is 905 g/mol. The summed E-state index contributed by atoms with van der Waals surface area (Å²) in [6.45, 7) is 3.39. The molecule has 0 aliphatic carbocycles. The number of anilines is 1. The van der Waals surface area contributed by atoms with E-state index in [0.29, 0.717) is 29.7 Å². The highest BCUT2D eigenvalue weighted by molar-refractivity contribution is 8.00. The Balaban J connectivity index is 0.997. The minimum Gasteiger partial charge on any atom is -0.469 e. The van der Waals surface area contributed by atoms with Crippen molar-refractivity contribution in [2.24, 2.45) is 11.1 Å². The molecule has 1 aromatic heterocycles. The van der Waals surface area contributed by atoms with Crippen molar-refractivity contribution in [2.45, 2.75) is 48.1 Å². The molecule has 324 valence electrons. The minimum absolute atomic E-state index is 0.0290. The van der Waals surface area contributed by atoms with Gasteiger partial charge < -0.3 is 24.9 Å². The van der Waals surface area contributed by atoms with Gasteiger partial charge in [0.25, 0.3) is 11.8 Å². The van der Waals surface area contributed by atoms with Crippen LogP contribution in [0.25, 0.3) is 0 Å². The number of oxime groups is 1. The first-order valence-corrected chi connectivity index (χ1v) is 23.5. The number of β-lactam (4-membered cyclic amide) rings is 1. The van der Waals surface area contributed by atoms with Gasteiger partial charge in [-0.2, -0.15) is 0 Å². The topological polar surface area (TPSA) is 114 Å². The van der Waals surface area contributed by atoms with E-state index in [1.807, 2.05) is 115 Å². The first kappa shape index (κ1) is 43.1. The molecule has 3 aliphatic heterocycles. The second-order valence-electron chi connectivity index (χ2n) is 15.8. The van der Waals surface area contributed by atoms with Crippen molar-refractivity contribution >= 4 is 63.0 Å². The number of amides is 2. The van der Waals surface area contributed by atoms with Gasteiger partial charge in [0, 0.05) is 23.8 Å². The first-order chi connectivity index (χ1) is 31.4. The van der Waals surface area contributed by atoms with Gasteiger partial charge in [-0.05, 0) is 71.3 Å². The molecule has 0 bridgehead atoms. The van der Waals surface area contributed by atoms with Crippen molar-refractivity contribution in [3.05, 3.63) is 202 Å². The Bertz CT molecular complexity index is 2510. The number of thiocarbonyl (C=S) groups is 1. The number of carbonyl (C=O) groups is 2. The third kappa shape index (κ3) is 8.48. The van der Waals surface area contributed by atoms with Gasteiger partial charge in [0.05, 0.1) is 5.70 Å². The van der Waals surface area contributed by atoms with Gasteiger partial charge in [0.2, 0.25) is 5.05 Å².